The quantitative estimate of drug-likeness (QED) is 0.628. The molecule has 4 saturated heterocycles. The van der Waals surface area contributed by atoms with Gasteiger partial charge in [-0.25, -0.2) is 0 Å². The van der Waals surface area contributed by atoms with Crippen molar-refractivity contribution in [2.45, 2.75) is 13.0 Å². The van der Waals surface area contributed by atoms with Crippen LogP contribution in [0.25, 0.3) is 0 Å². The molecule has 4 aliphatic heterocycles. The lowest BCUT2D eigenvalue weighted by Crippen LogP contribution is -2.68. The van der Waals surface area contributed by atoms with Crippen LogP contribution in [0.2, 0.25) is 0 Å². The highest BCUT2D eigenvalue weighted by molar-refractivity contribution is 7.80. The summed E-state index contributed by atoms with van der Waals surface area (Å²) in [5, 5.41) is 7.40. The zero-order chi connectivity index (χ0) is 12.0. The standard InChI is InChI=1S/C12H22N4S/c1-12-7-15-3-4-16(8-12)6-9(5-15)10(12)14-11(17)13-2/h9-10H,3-8H2,1-2H3,(H2,13,14,17)/t9?,10-,12?/m0/s1. The van der Waals surface area contributed by atoms with Crippen LogP contribution in [-0.2, 0) is 0 Å². The number of piperidine rings is 2. The van der Waals surface area contributed by atoms with Crippen molar-refractivity contribution < 1.29 is 0 Å². The minimum Gasteiger partial charge on any atom is -0.366 e. The van der Waals surface area contributed by atoms with Gasteiger partial charge in [-0.2, -0.15) is 0 Å². The van der Waals surface area contributed by atoms with E-state index < -0.39 is 0 Å². The van der Waals surface area contributed by atoms with Crippen molar-refractivity contribution in [1.82, 2.24) is 20.4 Å². The molecule has 0 saturated carbocycles. The maximum Gasteiger partial charge on any atom is 0.166 e. The largest absolute Gasteiger partial charge is 0.366 e. The Labute approximate surface area is 109 Å². The molecule has 0 aromatic rings. The van der Waals surface area contributed by atoms with Gasteiger partial charge in [-0.05, 0) is 12.2 Å². The molecule has 0 radical (unpaired) electrons. The van der Waals surface area contributed by atoms with Gasteiger partial charge in [0.2, 0.25) is 0 Å². The van der Waals surface area contributed by atoms with Crippen LogP contribution in [0.3, 0.4) is 0 Å². The summed E-state index contributed by atoms with van der Waals surface area (Å²) in [7, 11) is 1.90. The summed E-state index contributed by atoms with van der Waals surface area (Å²) in [5.41, 5.74) is 0.346. The molecule has 0 aliphatic carbocycles. The summed E-state index contributed by atoms with van der Waals surface area (Å²) in [6, 6.07) is 0.535. The molecule has 4 aliphatic rings. The van der Waals surface area contributed by atoms with Gasteiger partial charge in [0.15, 0.2) is 5.11 Å². The van der Waals surface area contributed by atoms with Gasteiger partial charge in [-0.1, -0.05) is 6.92 Å². The number of rotatable bonds is 1. The minimum absolute atomic E-state index is 0.346. The summed E-state index contributed by atoms with van der Waals surface area (Å²) in [6.45, 7) is 9.80. The topological polar surface area (TPSA) is 30.5 Å². The molecule has 5 heteroatoms. The number of fused-ring (bicyclic) bond motifs is 1. The van der Waals surface area contributed by atoms with Gasteiger partial charge < -0.3 is 20.4 Å². The molecule has 0 spiro atoms. The zero-order valence-corrected chi connectivity index (χ0v) is 11.5. The summed E-state index contributed by atoms with van der Waals surface area (Å²) >= 11 is 5.29. The Balaban J connectivity index is 1.83. The molecule has 4 rings (SSSR count). The van der Waals surface area contributed by atoms with Crippen molar-refractivity contribution in [3.05, 3.63) is 0 Å². The maximum absolute atomic E-state index is 5.29. The highest BCUT2D eigenvalue weighted by Crippen LogP contribution is 2.40. The molecule has 2 N–H and O–H groups in total. The van der Waals surface area contributed by atoms with E-state index in [1.165, 1.54) is 39.3 Å². The molecule has 0 aromatic carbocycles. The van der Waals surface area contributed by atoms with E-state index in [-0.39, 0.29) is 0 Å². The lowest BCUT2D eigenvalue weighted by molar-refractivity contribution is -0.0124. The smallest absolute Gasteiger partial charge is 0.166 e. The third-order valence-electron chi connectivity index (χ3n) is 4.62. The molecule has 4 fully saturated rings. The Morgan fingerprint density at radius 2 is 1.82 bits per heavy atom. The molecule has 4 bridgehead atoms. The van der Waals surface area contributed by atoms with E-state index in [2.05, 4.69) is 27.4 Å². The van der Waals surface area contributed by atoms with Gasteiger partial charge in [-0.15, -0.1) is 0 Å². The summed E-state index contributed by atoms with van der Waals surface area (Å²) in [6.07, 6.45) is 0. The monoisotopic (exact) mass is 254 g/mol. The SMILES string of the molecule is CNC(=S)N[C@H]1C2CN3CCN(C2)CC1(C)C3. The van der Waals surface area contributed by atoms with E-state index >= 15 is 0 Å². The molecule has 4 nitrogen and oxygen atoms in total. The summed E-state index contributed by atoms with van der Waals surface area (Å²) < 4.78 is 0. The van der Waals surface area contributed by atoms with Gasteiger partial charge in [-0.3, -0.25) is 0 Å². The van der Waals surface area contributed by atoms with Crippen LogP contribution in [0.15, 0.2) is 0 Å². The van der Waals surface area contributed by atoms with Crippen LogP contribution in [0.4, 0.5) is 0 Å². The Bertz CT molecular complexity index is 316. The fourth-order valence-corrected chi connectivity index (χ4v) is 4.15. The third kappa shape index (κ3) is 1.94. The minimum atomic E-state index is 0.346. The molecule has 17 heavy (non-hydrogen) atoms. The predicted octanol–water partition coefficient (Wildman–Crippen LogP) is -0.284. The average molecular weight is 254 g/mol. The zero-order valence-electron chi connectivity index (χ0n) is 10.7. The average Bonchev–Trinajstić information content (AvgIpc) is 2.51. The number of nitrogens with one attached hydrogen (secondary N) is 2. The van der Waals surface area contributed by atoms with Crippen LogP contribution >= 0.6 is 12.2 Å². The molecule has 3 atom stereocenters. The highest BCUT2D eigenvalue weighted by Gasteiger charge is 2.51. The predicted molar refractivity (Wildman–Crippen MR) is 73.1 cm³/mol. The molecule has 0 amide bonds. The van der Waals surface area contributed by atoms with E-state index in [9.17, 15) is 0 Å². The Morgan fingerprint density at radius 3 is 2.29 bits per heavy atom. The van der Waals surface area contributed by atoms with Crippen molar-refractivity contribution >= 4 is 17.3 Å². The third-order valence-corrected chi connectivity index (χ3v) is 4.95. The maximum atomic E-state index is 5.29. The second kappa shape index (κ2) is 4.07. The second-order valence-electron chi connectivity index (χ2n) is 6.09. The molecule has 2 unspecified atom stereocenters. The van der Waals surface area contributed by atoms with Crippen LogP contribution in [0.5, 0.6) is 0 Å². The van der Waals surface area contributed by atoms with Crippen molar-refractivity contribution in [3.63, 3.8) is 0 Å². The first kappa shape index (κ1) is 11.7. The van der Waals surface area contributed by atoms with Crippen LogP contribution < -0.4 is 10.6 Å². The number of nitrogens with zero attached hydrogens (tertiary/aromatic N) is 2. The first-order valence-corrected chi connectivity index (χ1v) is 6.94. The van der Waals surface area contributed by atoms with Crippen molar-refractivity contribution in [2.24, 2.45) is 11.3 Å². The fraction of sp³-hybridized carbons (Fsp3) is 0.917. The number of hydrogen-bond acceptors (Lipinski definition) is 3. The summed E-state index contributed by atoms with van der Waals surface area (Å²) in [4.78, 5) is 5.27. The van der Waals surface area contributed by atoms with E-state index in [0.717, 1.165) is 11.0 Å². The summed E-state index contributed by atoms with van der Waals surface area (Å²) in [5.74, 6) is 0.719. The molecular weight excluding hydrogens is 232 g/mol. The van der Waals surface area contributed by atoms with Gasteiger partial charge in [0.1, 0.15) is 0 Å². The molecule has 96 valence electrons. The van der Waals surface area contributed by atoms with E-state index in [4.69, 9.17) is 12.2 Å². The molecular formula is C12H22N4S. The normalized spacial score (nSPS) is 47.6. The number of hydrogen-bond donors (Lipinski definition) is 2. The molecule has 4 heterocycles. The lowest BCUT2D eigenvalue weighted by atomic mass is 9.69. The fourth-order valence-electron chi connectivity index (χ4n) is 4.03. The van der Waals surface area contributed by atoms with Gasteiger partial charge in [0, 0.05) is 63.7 Å². The van der Waals surface area contributed by atoms with E-state index in [1.54, 1.807) is 0 Å². The van der Waals surface area contributed by atoms with Crippen LogP contribution in [-0.4, -0.2) is 67.3 Å². The first-order chi connectivity index (χ1) is 8.10. The molecule has 0 aromatic heterocycles. The second-order valence-corrected chi connectivity index (χ2v) is 6.49. The Hall–Kier alpha value is -0.390. The van der Waals surface area contributed by atoms with E-state index in [0.29, 0.717) is 11.5 Å². The first-order valence-electron chi connectivity index (χ1n) is 6.54. The highest BCUT2D eigenvalue weighted by atomic mass is 32.1. The van der Waals surface area contributed by atoms with Crippen LogP contribution in [0, 0.1) is 11.3 Å². The van der Waals surface area contributed by atoms with Crippen molar-refractivity contribution in [3.8, 4) is 0 Å². The Morgan fingerprint density at radius 1 is 1.24 bits per heavy atom. The van der Waals surface area contributed by atoms with E-state index in [1.807, 2.05) is 7.05 Å². The van der Waals surface area contributed by atoms with Gasteiger partial charge in [0.25, 0.3) is 0 Å². The Kier molecular flexibility index (Phi) is 2.80. The van der Waals surface area contributed by atoms with Gasteiger partial charge >= 0.3 is 0 Å². The lowest BCUT2D eigenvalue weighted by Gasteiger charge is -2.54. The van der Waals surface area contributed by atoms with Crippen molar-refractivity contribution in [1.29, 1.82) is 0 Å². The van der Waals surface area contributed by atoms with Crippen LogP contribution in [0.1, 0.15) is 6.92 Å². The number of thiocarbonyl (C=S) groups is 1. The van der Waals surface area contributed by atoms with Gasteiger partial charge in [0.05, 0.1) is 0 Å². The van der Waals surface area contributed by atoms with Crippen molar-refractivity contribution in [2.75, 3.05) is 46.3 Å².